The van der Waals surface area contributed by atoms with Crippen molar-refractivity contribution in [2.45, 2.75) is 39.7 Å². The summed E-state index contributed by atoms with van der Waals surface area (Å²) in [5, 5.41) is 12.3. The second-order valence-electron chi connectivity index (χ2n) is 4.69. The Morgan fingerprint density at radius 1 is 1.50 bits per heavy atom. The molecule has 0 spiro atoms. The Kier molecular flexibility index (Phi) is 4.02. The van der Waals surface area contributed by atoms with Crippen LogP contribution < -0.4 is 0 Å². The molecule has 5 heteroatoms. The van der Waals surface area contributed by atoms with Gasteiger partial charge in [0.15, 0.2) is 0 Å². The Morgan fingerprint density at radius 3 is 2.69 bits per heavy atom. The zero-order chi connectivity index (χ0) is 12.2. The molecule has 0 saturated heterocycles. The van der Waals surface area contributed by atoms with Gasteiger partial charge < -0.3 is 9.26 Å². The van der Waals surface area contributed by atoms with Crippen LogP contribution in [0.3, 0.4) is 0 Å². The molecule has 5 nitrogen and oxygen atoms in total. The fourth-order valence-corrected chi connectivity index (χ4v) is 1.49. The van der Waals surface area contributed by atoms with Crippen LogP contribution in [0, 0.1) is 16.7 Å². The monoisotopic (exact) mass is 223 g/mol. The number of rotatable bonds is 4. The van der Waals surface area contributed by atoms with Crippen LogP contribution in [0.15, 0.2) is 4.52 Å². The molecule has 0 aliphatic rings. The average Bonchev–Trinajstić information content (AvgIpc) is 2.62. The number of nitriles is 1. The Balaban J connectivity index is 2.80. The van der Waals surface area contributed by atoms with Gasteiger partial charge in [0.1, 0.15) is 6.10 Å². The van der Waals surface area contributed by atoms with E-state index in [-0.39, 0.29) is 11.5 Å². The minimum atomic E-state index is -0.202. The van der Waals surface area contributed by atoms with Crippen LogP contribution in [0.2, 0.25) is 0 Å². The molecule has 0 aromatic carbocycles. The van der Waals surface area contributed by atoms with Gasteiger partial charge in [-0.3, -0.25) is 0 Å². The zero-order valence-electron chi connectivity index (χ0n) is 10.1. The standard InChI is InChI=1S/C11H17N3O2/c1-11(2,3)9(15-4)10-13-8(16-14-10)6-5-7-12/h9H,5-6H2,1-4H3. The van der Waals surface area contributed by atoms with Crippen LogP contribution in [-0.4, -0.2) is 17.3 Å². The van der Waals surface area contributed by atoms with Gasteiger partial charge in [-0.05, 0) is 5.41 Å². The van der Waals surface area contributed by atoms with Gasteiger partial charge in [0, 0.05) is 20.0 Å². The maximum absolute atomic E-state index is 8.45. The van der Waals surface area contributed by atoms with E-state index in [4.69, 9.17) is 14.5 Å². The van der Waals surface area contributed by atoms with Crippen LogP contribution in [0.5, 0.6) is 0 Å². The summed E-state index contributed by atoms with van der Waals surface area (Å²) in [4.78, 5) is 4.23. The van der Waals surface area contributed by atoms with E-state index in [9.17, 15) is 0 Å². The summed E-state index contributed by atoms with van der Waals surface area (Å²) in [7, 11) is 1.63. The van der Waals surface area contributed by atoms with E-state index in [1.807, 2.05) is 26.8 Å². The minimum absolute atomic E-state index is 0.0921. The largest absolute Gasteiger partial charge is 0.373 e. The van der Waals surface area contributed by atoms with Crippen LogP contribution in [0.1, 0.15) is 45.0 Å². The first kappa shape index (κ1) is 12.7. The van der Waals surface area contributed by atoms with Gasteiger partial charge in [-0.15, -0.1) is 0 Å². The first-order valence-electron chi connectivity index (χ1n) is 5.21. The lowest BCUT2D eigenvalue weighted by Gasteiger charge is -2.26. The molecule has 88 valence electrons. The summed E-state index contributed by atoms with van der Waals surface area (Å²) >= 11 is 0. The molecule has 1 unspecified atom stereocenters. The molecule has 0 fully saturated rings. The lowest BCUT2D eigenvalue weighted by atomic mass is 9.88. The number of methoxy groups -OCH3 is 1. The Bertz CT molecular complexity index is 373. The minimum Gasteiger partial charge on any atom is -0.373 e. The molecule has 1 rings (SSSR count). The molecule has 0 aliphatic carbocycles. The van der Waals surface area contributed by atoms with Crippen LogP contribution >= 0.6 is 0 Å². The second kappa shape index (κ2) is 5.08. The lowest BCUT2D eigenvalue weighted by Crippen LogP contribution is -2.21. The average molecular weight is 223 g/mol. The van der Waals surface area contributed by atoms with E-state index in [0.29, 0.717) is 24.6 Å². The molecule has 1 heterocycles. The number of hydrogen-bond donors (Lipinski definition) is 0. The van der Waals surface area contributed by atoms with Crippen molar-refractivity contribution in [2.75, 3.05) is 7.11 Å². The van der Waals surface area contributed by atoms with Crippen molar-refractivity contribution in [1.82, 2.24) is 10.1 Å². The van der Waals surface area contributed by atoms with Crippen molar-refractivity contribution in [2.24, 2.45) is 5.41 Å². The fourth-order valence-electron chi connectivity index (χ4n) is 1.49. The molecule has 0 radical (unpaired) electrons. The van der Waals surface area contributed by atoms with Crippen molar-refractivity contribution in [3.63, 3.8) is 0 Å². The van der Waals surface area contributed by atoms with Gasteiger partial charge in [0.25, 0.3) is 0 Å². The Morgan fingerprint density at radius 2 is 2.19 bits per heavy atom. The van der Waals surface area contributed by atoms with E-state index < -0.39 is 0 Å². The van der Waals surface area contributed by atoms with Gasteiger partial charge >= 0.3 is 0 Å². The third kappa shape index (κ3) is 3.04. The maximum atomic E-state index is 8.45. The third-order valence-electron chi connectivity index (χ3n) is 2.19. The smallest absolute Gasteiger partial charge is 0.227 e. The third-order valence-corrected chi connectivity index (χ3v) is 2.19. The highest BCUT2D eigenvalue weighted by Crippen LogP contribution is 2.33. The normalized spacial score (nSPS) is 13.4. The summed E-state index contributed by atoms with van der Waals surface area (Å²) in [6.07, 6.45) is 0.672. The van der Waals surface area contributed by atoms with Crippen LogP contribution in [0.25, 0.3) is 0 Å². The molecule has 0 amide bonds. The first-order chi connectivity index (χ1) is 7.49. The highest BCUT2D eigenvalue weighted by Gasteiger charge is 2.30. The van der Waals surface area contributed by atoms with Crippen molar-refractivity contribution in [1.29, 1.82) is 5.26 Å². The van der Waals surface area contributed by atoms with Crippen molar-refractivity contribution in [3.05, 3.63) is 11.7 Å². The first-order valence-corrected chi connectivity index (χ1v) is 5.21. The summed E-state index contributed by atoms with van der Waals surface area (Å²) in [5.74, 6) is 1.03. The molecule has 1 aromatic rings. The van der Waals surface area contributed by atoms with E-state index in [2.05, 4.69) is 10.1 Å². The van der Waals surface area contributed by atoms with Crippen LogP contribution in [0.4, 0.5) is 0 Å². The fraction of sp³-hybridized carbons (Fsp3) is 0.727. The Hall–Kier alpha value is -1.41. The van der Waals surface area contributed by atoms with E-state index in [1.54, 1.807) is 7.11 Å². The highest BCUT2D eigenvalue weighted by atomic mass is 16.5. The number of nitrogens with zero attached hydrogens (tertiary/aromatic N) is 3. The van der Waals surface area contributed by atoms with E-state index in [0.717, 1.165) is 0 Å². The summed E-state index contributed by atoms with van der Waals surface area (Å²) < 4.78 is 10.4. The molecule has 0 N–H and O–H groups in total. The molecular weight excluding hydrogens is 206 g/mol. The number of ether oxygens (including phenoxy) is 1. The predicted molar refractivity (Wildman–Crippen MR) is 57.4 cm³/mol. The molecule has 1 aromatic heterocycles. The highest BCUT2D eigenvalue weighted by molar-refractivity contribution is 4.97. The van der Waals surface area contributed by atoms with Gasteiger partial charge in [-0.25, -0.2) is 0 Å². The van der Waals surface area contributed by atoms with Gasteiger partial charge in [-0.1, -0.05) is 25.9 Å². The summed E-state index contributed by atoms with van der Waals surface area (Å²) in [5.41, 5.74) is -0.0921. The maximum Gasteiger partial charge on any atom is 0.227 e. The lowest BCUT2D eigenvalue weighted by molar-refractivity contribution is 0.00718. The van der Waals surface area contributed by atoms with Crippen molar-refractivity contribution in [3.8, 4) is 6.07 Å². The molecule has 16 heavy (non-hydrogen) atoms. The predicted octanol–water partition coefficient (Wildman–Crippen LogP) is 2.26. The molecule has 1 atom stereocenters. The second-order valence-corrected chi connectivity index (χ2v) is 4.69. The summed E-state index contributed by atoms with van der Waals surface area (Å²) in [6, 6.07) is 2.04. The molecular formula is C11H17N3O2. The SMILES string of the molecule is COC(c1noc(CCC#N)n1)C(C)(C)C. The Labute approximate surface area is 95.4 Å². The van der Waals surface area contributed by atoms with E-state index in [1.165, 1.54) is 0 Å². The van der Waals surface area contributed by atoms with Gasteiger partial charge in [0.05, 0.1) is 6.07 Å². The summed E-state index contributed by atoms with van der Waals surface area (Å²) in [6.45, 7) is 6.14. The zero-order valence-corrected chi connectivity index (χ0v) is 10.1. The van der Waals surface area contributed by atoms with Gasteiger partial charge in [-0.2, -0.15) is 10.2 Å². The number of aryl methyl sites for hydroxylation is 1. The quantitative estimate of drug-likeness (QED) is 0.782. The molecule has 0 aliphatic heterocycles. The number of aromatic nitrogens is 2. The van der Waals surface area contributed by atoms with Crippen molar-refractivity contribution < 1.29 is 9.26 Å². The molecule has 0 bridgehead atoms. The van der Waals surface area contributed by atoms with Gasteiger partial charge in [0.2, 0.25) is 11.7 Å². The van der Waals surface area contributed by atoms with E-state index >= 15 is 0 Å². The molecule has 0 saturated carbocycles. The van der Waals surface area contributed by atoms with Crippen LogP contribution in [-0.2, 0) is 11.2 Å². The topological polar surface area (TPSA) is 71.9 Å². The van der Waals surface area contributed by atoms with Crippen molar-refractivity contribution >= 4 is 0 Å². The number of hydrogen-bond acceptors (Lipinski definition) is 5.